The van der Waals surface area contributed by atoms with E-state index in [0.717, 1.165) is 0 Å². The number of nitrogens with one attached hydrogen (secondary N) is 1. The highest BCUT2D eigenvalue weighted by Gasteiger charge is 2.10. The van der Waals surface area contributed by atoms with Crippen molar-refractivity contribution in [2.75, 3.05) is 11.9 Å². The van der Waals surface area contributed by atoms with E-state index in [2.05, 4.69) is 5.32 Å². The zero-order valence-corrected chi connectivity index (χ0v) is 9.61. The molecule has 0 heterocycles. The van der Waals surface area contributed by atoms with Crippen LogP contribution in [0.2, 0.25) is 5.02 Å². The second-order valence-corrected chi connectivity index (χ2v) is 3.85. The van der Waals surface area contributed by atoms with Crippen LogP contribution in [0, 0.1) is 11.3 Å². The van der Waals surface area contributed by atoms with E-state index >= 15 is 0 Å². The molecule has 0 spiro atoms. The normalized spacial score (nSPS) is 11.6. The van der Waals surface area contributed by atoms with Gasteiger partial charge in [-0.2, -0.15) is 5.26 Å². The maximum atomic E-state index is 10.3. The molecule has 0 aliphatic carbocycles. The fourth-order valence-corrected chi connectivity index (χ4v) is 1.42. The van der Waals surface area contributed by atoms with Crippen molar-refractivity contribution in [3.8, 4) is 6.07 Å². The van der Waals surface area contributed by atoms with Crippen molar-refractivity contribution in [3.63, 3.8) is 0 Å². The Hall–Kier alpha value is -1.77. The number of aliphatic hydroxyl groups excluding tert-OH is 1. The second kappa shape index (κ2) is 6.09. The lowest BCUT2D eigenvalue weighted by Gasteiger charge is -2.12. The molecular weight excluding hydrogens is 244 g/mol. The molecule has 1 aromatic carbocycles. The largest absolute Gasteiger partial charge is 0.481 e. The molecular formula is C11H11ClN2O3. The van der Waals surface area contributed by atoms with E-state index in [0.29, 0.717) is 16.3 Å². The lowest BCUT2D eigenvalue weighted by atomic mass is 10.2. The van der Waals surface area contributed by atoms with Gasteiger partial charge in [0.2, 0.25) is 0 Å². The molecule has 1 aromatic rings. The van der Waals surface area contributed by atoms with Crippen LogP contribution in [0.4, 0.5) is 5.69 Å². The van der Waals surface area contributed by atoms with Crippen LogP contribution in [-0.2, 0) is 4.79 Å². The van der Waals surface area contributed by atoms with Crippen molar-refractivity contribution in [2.45, 2.75) is 12.5 Å². The summed E-state index contributed by atoms with van der Waals surface area (Å²) in [6.45, 7) is 0.0565. The molecule has 5 nitrogen and oxygen atoms in total. The highest BCUT2D eigenvalue weighted by Crippen LogP contribution is 2.22. The number of aliphatic hydroxyl groups is 1. The van der Waals surface area contributed by atoms with E-state index in [1.54, 1.807) is 12.1 Å². The predicted octanol–water partition coefficient (Wildman–Crippen LogP) is 1.46. The van der Waals surface area contributed by atoms with Gasteiger partial charge in [0.1, 0.15) is 0 Å². The van der Waals surface area contributed by atoms with Crippen molar-refractivity contribution >= 4 is 23.3 Å². The van der Waals surface area contributed by atoms with Crippen LogP contribution < -0.4 is 5.32 Å². The standard InChI is InChI=1S/C11H11ClN2O3/c12-9-2-1-7(5-13)3-10(9)14-6-8(15)4-11(16)17/h1-3,8,14-15H,4,6H2,(H,16,17). The molecule has 0 saturated carbocycles. The molecule has 0 aromatic heterocycles. The van der Waals surface area contributed by atoms with E-state index in [-0.39, 0.29) is 13.0 Å². The first kappa shape index (κ1) is 13.3. The summed E-state index contributed by atoms with van der Waals surface area (Å²) in [4.78, 5) is 10.3. The monoisotopic (exact) mass is 254 g/mol. The van der Waals surface area contributed by atoms with Crippen LogP contribution in [0.5, 0.6) is 0 Å². The Morgan fingerprint density at radius 3 is 2.88 bits per heavy atom. The van der Waals surface area contributed by atoms with Gasteiger partial charge in [0, 0.05) is 6.54 Å². The molecule has 3 N–H and O–H groups in total. The summed E-state index contributed by atoms with van der Waals surface area (Å²) < 4.78 is 0. The molecule has 0 amide bonds. The van der Waals surface area contributed by atoms with Gasteiger partial charge in [0.05, 0.1) is 34.9 Å². The molecule has 0 fully saturated rings. The fraction of sp³-hybridized carbons (Fsp3) is 0.273. The highest BCUT2D eigenvalue weighted by molar-refractivity contribution is 6.33. The molecule has 1 rings (SSSR count). The first-order valence-corrected chi connectivity index (χ1v) is 5.24. The number of rotatable bonds is 5. The van der Waals surface area contributed by atoms with Gasteiger partial charge in [-0.1, -0.05) is 11.6 Å². The quantitative estimate of drug-likeness (QED) is 0.740. The number of anilines is 1. The van der Waals surface area contributed by atoms with Crippen molar-refractivity contribution in [1.29, 1.82) is 5.26 Å². The van der Waals surface area contributed by atoms with E-state index in [1.807, 2.05) is 6.07 Å². The summed E-state index contributed by atoms with van der Waals surface area (Å²) in [5.74, 6) is -1.07. The first-order chi connectivity index (χ1) is 8.02. The number of hydrogen-bond donors (Lipinski definition) is 3. The third kappa shape index (κ3) is 4.31. The predicted molar refractivity (Wildman–Crippen MR) is 62.9 cm³/mol. The van der Waals surface area contributed by atoms with Gasteiger partial charge >= 0.3 is 5.97 Å². The fourth-order valence-electron chi connectivity index (χ4n) is 1.23. The topological polar surface area (TPSA) is 93.4 Å². The third-order valence-corrected chi connectivity index (χ3v) is 2.36. The van der Waals surface area contributed by atoms with Gasteiger partial charge in [-0.05, 0) is 18.2 Å². The number of carbonyl (C=O) groups is 1. The molecule has 17 heavy (non-hydrogen) atoms. The molecule has 6 heteroatoms. The molecule has 1 unspecified atom stereocenters. The average molecular weight is 255 g/mol. The number of hydrogen-bond acceptors (Lipinski definition) is 4. The third-order valence-electron chi connectivity index (χ3n) is 2.03. The van der Waals surface area contributed by atoms with Gasteiger partial charge in [-0.3, -0.25) is 4.79 Å². The Bertz CT molecular complexity index is 457. The maximum Gasteiger partial charge on any atom is 0.306 e. The van der Waals surface area contributed by atoms with Crippen molar-refractivity contribution in [2.24, 2.45) is 0 Å². The lowest BCUT2D eigenvalue weighted by Crippen LogP contribution is -2.22. The Morgan fingerprint density at radius 1 is 1.59 bits per heavy atom. The molecule has 0 bridgehead atoms. The first-order valence-electron chi connectivity index (χ1n) is 4.86. The minimum atomic E-state index is -1.07. The number of carboxylic acid groups (broad SMARTS) is 1. The average Bonchev–Trinajstić information content (AvgIpc) is 2.27. The van der Waals surface area contributed by atoms with Crippen molar-refractivity contribution in [1.82, 2.24) is 0 Å². The summed E-state index contributed by atoms with van der Waals surface area (Å²) in [5, 5.41) is 29.7. The van der Waals surface area contributed by atoms with Crippen molar-refractivity contribution in [3.05, 3.63) is 28.8 Å². The summed E-state index contributed by atoms with van der Waals surface area (Å²) in [6.07, 6.45) is -1.35. The summed E-state index contributed by atoms with van der Waals surface area (Å²) in [5.41, 5.74) is 0.930. The number of carboxylic acids is 1. The van der Waals surface area contributed by atoms with Gasteiger partial charge < -0.3 is 15.5 Å². The number of halogens is 1. The molecule has 0 aliphatic rings. The van der Waals surface area contributed by atoms with E-state index in [1.165, 1.54) is 6.07 Å². The van der Waals surface area contributed by atoms with Crippen LogP contribution in [-0.4, -0.2) is 28.8 Å². The lowest BCUT2D eigenvalue weighted by molar-refractivity contribution is -0.138. The number of benzene rings is 1. The zero-order valence-electron chi connectivity index (χ0n) is 8.85. The second-order valence-electron chi connectivity index (χ2n) is 3.44. The summed E-state index contributed by atoms with van der Waals surface area (Å²) >= 11 is 5.87. The van der Waals surface area contributed by atoms with Gasteiger partial charge in [-0.15, -0.1) is 0 Å². The van der Waals surface area contributed by atoms with Gasteiger partial charge in [0.25, 0.3) is 0 Å². The van der Waals surface area contributed by atoms with Crippen molar-refractivity contribution < 1.29 is 15.0 Å². The Kier molecular flexibility index (Phi) is 4.76. The maximum absolute atomic E-state index is 10.3. The van der Waals surface area contributed by atoms with Crippen LogP contribution in [0.25, 0.3) is 0 Å². The smallest absolute Gasteiger partial charge is 0.306 e. The van der Waals surface area contributed by atoms with Crippen LogP contribution >= 0.6 is 11.6 Å². The Morgan fingerprint density at radius 2 is 2.29 bits per heavy atom. The number of nitriles is 1. The molecule has 1 atom stereocenters. The number of nitrogens with zero attached hydrogens (tertiary/aromatic N) is 1. The Labute approximate surface area is 103 Å². The summed E-state index contributed by atoms with van der Waals surface area (Å²) in [6, 6.07) is 6.63. The molecule has 0 radical (unpaired) electrons. The number of aliphatic carboxylic acids is 1. The Balaban J connectivity index is 2.63. The summed E-state index contributed by atoms with van der Waals surface area (Å²) in [7, 11) is 0. The van der Waals surface area contributed by atoms with Crippen LogP contribution in [0.15, 0.2) is 18.2 Å². The SMILES string of the molecule is N#Cc1ccc(Cl)c(NCC(O)CC(=O)O)c1. The minimum Gasteiger partial charge on any atom is -0.481 e. The molecule has 0 saturated heterocycles. The van der Waals surface area contributed by atoms with E-state index in [9.17, 15) is 9.90 Å². The van der Waals surface area contributed by atoms with Crippen LogP contribution in [0.3, 0.4) is 0 Å². The minimum absolute atomic E-state index is 0.0565. The zero-order chi connectivity index (χ0) is 12.8. The highest BCUT2D eigenvalue weighted by atomic mass is 35.5. The van der Waals surface area contributed by atoms with E-state index in [4.69, 9.17) is 22.0 Å². The van der Waals surface area contributed by atoms with Crippen LogP contribution in [0.1, 0.15) is 12.0 Å². The van der Waals surface area contributed by atoms with Gasteiger partial charge in [0.15, 0.2) is 0 Å². The molecule has 0 aliphatic heterocycles. The van der Waals surface area contributed by atoms with E-state index < -0.39 is 12.1 Å². The molecule has 90 valence electrons. The van der Waals surface area contributed by atoms with Gasteiger partial charge in [-0.25, -0.2) is 0 Å².